The molecule has 12 heteroatoms. The van der Waals surface area contributed by atoms with Gasteiger partial charge in [0, 0.05) is 33.9 Å². The van der Waals surface area contributed by atoms with Crippen molar-refractivity contribution in [1.29, 1.82) is 0 Å². The van der Waals surface area contributed by atoms with Crippen molar-refractivity contribution < 1.29 is 47.7 Å². The number of hydrogen-bond donors (Lipinski definition) is 1. The topological polar surface area (TPSA) is 156 Å². The smallest absolute Gasteiger partial charge is 0.305 e. The maximum Gasteiger partial charge on any atom is 0.305 e. The number of carbonyl (C=O) groups is 5. The molecule has 1 aromatic heterocycles. The Morgan fingerprint density at radius 2 is 1.53 bits per heavy atom. The number of nitrogens with zero attached hydrogens (tertiary/aromatic N) is 1. The van der Waals surface area contributed by atoms with E-state index in [-0.39, 0.29) is 5.69 Å². The van der Waals surface area contributed by atoms with Crippen LogP contribution in [-0.2, 0) is 42.9 Å². The van der Waals surface area contributed by atoms with Crippen LogP contribution in [0.2, 0.25) is 0 Å². The number of ether oxygens (including phenoxy) is 5. The molecule has 1 aromatic rings. The third-order valence-corrected chi connectivity index (χ3v) is 4.18. The number of nitrogens with one attached hydrogen (secondary N) is 1. The van der Waals surface area contributed by atoms with E-state index in [4.69, 9.17) is 23.7 Å². The fourth-order valence-electron chi connectivity index (χ4n) is 3.04. The molecule has 2 heterocycles. The van der Waals surface area contributed by atoms with Crippen LogP contribution in [0.25, 0.3) is 0 Å². The van der Waals surface area contributed by atoms with Crippen LogP contribution in [0.5, 0.6) is 0 Å². The minimum absolute atomic E-state index is 0.0294. The van der Waals surface area contributed by atoms with E-state index in [2.05, 4.69) is 10.3 Å². The molecule has 0 spiro atoms. The summed E-state index contributed by atoms with van der Waals surface area (Å²) >= 11 is 0. The molecule has 1 aliphatic heterocycles. The van der Waals surface area contributed by atoms with Gasteiger partial charge in [-0.15, -0.1) is 0 Å². The van der Waals surface area contributed by atoms with Gasteiger partial charge in [0.25, 0.3) is 5.91 Å². The molecule has 5 atom stereocenters. The highest BCUT2D eigenvalue weighted by Gasteiger charge is 2.52. The van der Waals surface area contributed by atoms with Crippen LogP contribution < -0.4 is 5.32 Å². The van der Waals surface area contributed by atoms with Crippen LogP contribution in [0.1, 0.15) is 38.2 Å². The first-order chi connectivity index (χ1) is 15.1. The maximum atomic E-state index is 12.7. The van der Waals surface area contributed by atoms with E-state index >= 15 is 0 Å². The Morgan fingerprint density at radius 3 is 2.06 bits per heavy atom. The Balaban J connectivity index is 2.44. The molecule has 1 fully saturated rings. The van der Waals surface area contributed by atoms with E-state index < -0.39 is 67.0 Å². The highest BCUT2D eigenvalue weighted by Crippen LogP contribution is 2.28. The number of amides is 1. The average Bonchev–Trinajstić information content (AvgIpc) is 2.70. The molecule has 0 bridgehead atoms. The quantitative estimate of drug-likeness (QED) is 0.435. The second-order valence-electron chi connectivity index (χ2n) is 6.82. The molecule has 32 heavy (non-hydrogen) atoms. The van der Waals surface area contributed by atoms with Crippen LogP contribution in [0, 0.1) is 0 Å². The van der Waals surface area contributed by atoms with E-state index in [1.807, 2.05) is 0 Å². The molecule has 0 aliphatic carbocycles. The summed E-state index contributed by atoms with van der Waals surface area (Å²) in [4.78, 5) is 63.2. The van der Waals surface area contributed by atoms with Crippen molar-refractivity contribution in [3.8, 4) is 0 Å². The molecular weight excluding hydrogens is 428 g/mol. The molecule has 1 amide bonds. The summed E-state index contributed by atoms with van der Waals surface area (Å²) in [5.41, 5.74) is 0.0294. The Labute approximate surface area is 183 Å². The number of hydrogen-bond acceptors (Lipinski definition) is 11. The number of esters is 4. The lowest BCUT2D eigenvalue weighted by Crippen LogP contribution is -2.67. The SMILES string of the molecule is CC(=O)OCC1OC(OC(C)=O)C(NC(=O)c2ccccn2)C(OC(C)=O)C1OC(C)=O. The van der Waals surface area contributed by atoms with Crippen LogP contribution in [0.15, 0.2) is 24.4 Å². The van der Waals surface area contributed by atoms with Gasteiger partial charge in [-0.3, -0.25) is 29.0 Å². The number of aromatic nitrogens is 1. The molecule has 1 aliphatic rings. The minimum Gasteiger partial charge on any atom is -0.463 e. The van der Waals surface area contributed by atoms with Crippen molar-refractivity contribution in [3.63, 3.8) is 0 Å². The Morgan fingerprint density at radius 1 is 0.906 bits per heavy atom. The molecule has 174 valence electrons. The first kappa shape index (κ1) is 24.7. The molecule has 12 nitrogen and oxygen atoms in total. The third-order valence-electron chi connectivity index (χ3n) is 4.18. The fraction of sp³-hybridized carbons (Fsp3) is 0.500. The molecular formula is C20H24N2O10. The maximum absolute atomic E-state index is 12.7. The Kier molecular flexibility index (Phi) is 8.64. The predicted molar refractivity (Wildman–Crippen MR) is 104 cm³/mol. The van der Waals surface area contributed by atoms with E-state index in [9.17, 15) is 24.0 Å². The highest BCUT2D eigenvalue weighted by atomic mass is 16.7. The normalized spacial score (nSPS) is 24.6. The van der Waals surface area contributed by atoms with E-state index in [0.717, 1.165) is 27.7 Å². The fourth-order valence-corrected chi connectivity index (χ4v) is 3.04. The van der Waals surface area contributed by atoms with Gasteiger partial charge in [0.1, 0.15) is 24.4 Å². The number of pyridine rings is 1. The van der Waals surface area contributed by atoms with E-state index in [0.29, 0.717) is 0 Å². The standard InChI is InChI=1S/C20H24N2O10/c1-10(23)28-9-15-17(29-11(2)24)18(30-12(3)25)16(20(32-15)31-13(4)26)22-19(27)14-7-5-6-8-21-14/h5-8,15-18,20H,9H2,1-4H3,(H,22,27). The van der Waals surface area contributed by atoms with Gasteiger partial charge in [0.05, 0.1) is 0 Å². The van der Waals surface area contributed by atoms with Gasteiger partial charge >= 0.3 is 23.9 Å². The molecule has 0 radical (unpaired) electrons. The predicted octanol–water partition coefficient (Wildman–Crippen LogP) is -0.105. The summed E-state index contributed by atoms with van der Waals surface area (Å²) in [5, 5.41) is 2.55. The average molecular weight is 452 g/mol. The molecule has 0 aromatic carbocycles. The first-order valence-electron chi connectivity index (χ1n) is 9.61. The number of rotatable bonds is 7. The zero-order valence-electron chi connectivity index (χ0n) is 17.9. The van der Waals surface area contributed by atoms with Crippen molar-refractivity contribution in [2.24, 2.45) is 0 Å². The lowest BCUT2D eigenvalue weighted by Gasteiger charge is -2.44. The Hall–Kier alpha value is -3.54. The molecule has 1 N–H and O–H groups in total. The zero-order chi connectivity index (χ0) is 23.8. The van der Waals surface area contributed by atoms with Crippen LogP contribution in [-0.4, -0.2) is 72.0 Å². The van der Waals surface area contributed by atoms with Crippen molar-refractivity contribution in [2.75, 3.05) is 6.61 Å². The summed E-state index contributed by atoms with van der Waals surface area (Å²) in [6.45, 7) is 4.10. The first-order valence-corrected chi connectivity index (χ1v) is 9.61. The minimum atomic E-state index is -1.46. The van der Waals surface area contributed by atoms with E-state index in [1.54, 1.807) is 12.1 Å². The lowest BCUT2D eigenvalue weighted by molar-refractivity contribution is -0.270. The van der Waals surface area contributed by atoms with Crippen LogP contribution >= 0.6 is 0 Å². The monoisotopic (exact) mass is 452 g/mol. The zero-order valence-corrected chi connectivity index (χ0v) is 17.9. The van der Waals surface area contributed by atoms with Crippen molar-refractivity contribution >= 4 is 29.8 Å². The summed E-state index contributed by atoms with van der Waals surface area (Å²) in [7, 11) is 0. The summed E-state index contributed by atoms with van der Waals surface area (Å²) in [5.74, 6) is -3.60. The van der Waals surface area contributed by atoms with Crippen molar-refractivity contribution in [2.45, 2.75) is 58.3 Å². The van der Waals surface area contributed by atoms with Gasteiger partial charge in [-0.25, -0.2) is 0 Å². The van der Waals surface area contributed by atoms with Gasteiger partial charge in [0.2, 0.25) is 6.29 Å². The second-order valence-corrected chi connectivity index (χ2v) is 6.82. The Bertz CT molecular complexity index is 859. The number of carbonyl (C=O) groups excluding carboxylic acids is 5. The van der Waals surface area contributed by atoms with Crippen LogP contribution in [0.4, 0.5) is 0 Å². The van der Waals surface area contributed by atoms with Crippen molar-refractivity contribution in [3.05, 3.63) is 30.1 Å². The molecule has 5 unspecified atom stereocenters. The molecule has 2 rings (SSSR count). The van der Waals surface area contributed by atoms with Crippen molar-refractivity contribution in [1.82, 2.24) is 10.3 Å². The van der Waals surface area contributed by atoms with Gasteiger partial charge < -0.3 is 29.0 Å². The molecule has 1 saturated heterocycles. The van der Waals surface area contributed by atoms with Gasteiger partial charge in [-0.05, 0) is 12.1 Å². The summed E-state index contributed by atoms with van der Waals surface area (Å²) < 4.78 is 26.4. The largest absolute Gasteiger partial charge is 0.463 e. The van der Waals surface area contributed by atoms with E-state index in [1.165, 1.54) is 12.3 Å². The van der Waals surface area contributed by atoms with Gasteiger partial charge in [-0.2, -0.15) is 0 Å². The molecule has 0 saturated carbocycles. The third kappa shape index (κ3) is 7.01. The van der Waals surface area contributed by atoms with Gasteiger partial charge in [0.15, 0.2) is 12.2 Å². The van der Waals surface area contributed by atoms with Crippen LogP contribution in [0.3, 0.4) is 0 Å². The second kappa shape index (κ2) is 11.2. The summed E-state index contributed by atoms with van der Waals surface area (Å²) in [6.07, 6.45) is -3.87. The lowest BCUT2D eigenvalue weighted by atomic mass is 9.96. The summed E-state index contributed by atoms with van der Waals surface area (Å²) in [6, 6.07) is 3.35. The highest BCUT2D eigenvalue weighted by molar-refractivity contribution is 5.92. The van der Waals surface area contributed by atoms with Gasteiger partial charge in [-0.1, -0.05) is 6.07 Å².